The van der Waals surface area contributed by atoms with Crippen LogP contribution in [0.2, 0.25) is 0 Å². The number of hydrogen-bond acceptors (Lipinski definition) is 4. The van der Waals surface area contributed by atoms with Gasteiger partial charge in [0.15, 0.2) is 0 Å². The van der Waals surface area contributed by atoms with Crippen LogP contribution < -0.4 is 0 Å². The summed E-state index contributed by atoms with van der Waals surface area (Å²) in [6, 6.07) is -0.221. The van der Waals surface area contributed by atoms with Crippen molar-refractivity contribution in [1.82, 2.24) is 4.90 Å². The number of fused-ring (bicyclic) bond motifs is 1. The number of carbonyl (C=O) groups excluding carboxylic acids is 2. The second-order valence-corrected chi connectivity index (χ2v) is 6.89. The largest absolute Gasteiger partial charge is 0.462 e. The van der Waals surface area contributed by atoms with Gasteiger partial charge in [0, 0.05) is 19.3 Å². The molecule has 0 saturated carbocycles. The van der Waals surface area contributed by atoms with E-state index in [0.717, 1.165) is 6.42 Å². The summed E-state index contributed by atoms with van der Waals surface area (Å²) in [5.74, 6) is -0.200. The van der Waals surface area contributed by atoms with Crippen molar-refractivity contribution in [3.63, 3.8) is 0 Å². The SMILES string of the molecule is C=C[C@@H]1C[C@@H]2[C@@H](OC(C)=O)CC=C[C@@H]2N1C(=O)OC(C)(C)C. The van der Waals surface area contributed by atoms with Gasteiger partial charge in [-0.15, -0.1) is 6.58 Å². The van der Waals surface area contributed by atoms with Crippen LogP contribution in [0.15, 0.2) is 24.8 Å². The number of amides is 1. The van der Waals surface area contributed by atoms with Crippen LogP contribution in [0, 0.1) is 5.92 Å². The van der Waals surface area contributed by atoms with E-state index in [1.54, 1.807) is 11.0 Å². The van der Waals surface area contributed by atoms with Crippen LogP contribution in [0.3, 0.4) is 0 Å². The normalized spacial score (nSPS) is 30.6. The molecule has 2 aliphatic rings. The third-order valence-electron chi connectivity index (χ3n) is 4.00. The summed E-state index contributed by atoms with van der Waals surface area (Å²) in [5.41, 5.74) is -0.547. The van der Waals surface area contributed by atoms with E-state index in [9.17, 15) is 9.59 Å². The maximum Gasteiger partial charge on any atom is 0.411 e. The molecule has 0 radical (unpaired) electrons. The molecule has 1 heterocycles. The van der Waals surface area contributed by atoms with Gasteiger partial charge in [0.25, 0.3) is 0 Å². The lowest BCUT2D eigenvalue weighted by molar-refractivity contribution is -0.149. The first-order valence-electron chi connectivity index (χ1n) is 7.70. The zero-order valence-electron chi connectivity index (χ0n) is 13.7. The lowest BCUT2D eigenvalue weighted by Gasteiger charge is -2.34. The number of ether oxygens (including phenoxy) is 2. The first-order valence-corrected chi connectivity index (χ1v) is 7.70. The third kappa shape index (κ3) is 3.51. The Morgan fingerprint density at radius 3 is 2.59 bits per heavy atom. The van der Waals surface area contributed by atoms with E-state index in [1.165, 1.54) is 6.92 Å². The molecule has 0 aromatic rings. The Kier molecular flexibility index (Phi) is 4.63. The van der Waals surface area contributed by atoms with Crippen LogP contribution >= 0.6 is 0 Å². The minimum atomic E-state index is -0.547. The number of hydrogen-bond donors (Lipinski definition) is 0. The van der Waals surface area contributed by atoms with Crippen LogP contribution in [-0.2, 0) is 14.3 Å². The average molecular weight is 307 g/mol. The van der Waals surface area contributed by atoms with Crippen molar-refractivity contribution in [1.29, 1.82) is 0 Å². The van der Waals surface area contributed by atoms with E-state index >= 15 is 0 Å². The molecule has 1 amide bonds. The summed E-state index contributed by atoms with van der Waals surface area (Å²) >= 11 is 0. The zero-order valence-corrected chi connectivity index (χ0v) is 13.7. The molecule has 122 valence electrons. The molecular weight excluding hydrogens is 282 g/mol. The fourth-order valence-corrected chi connectivity index (χ4v) is 3.22. The Bertz CT molecular complexity index is 491. The molecule has 0 spiro atoms. The van der Waals surface area contributed by atoms with Crippen LogP contribution in [0.5, 0.6) is 0 Å². The first kappa shape index (κ1) is 16.6. The van der Waals surface area contributed by atoms with Crippen molar-refractivity contribution >= 4 is 12.1 Å². The highest BCUT2D eigenvalue weighted by Crippen LogP contribution is 2.39. The Morgan fingerprint density at radius 2 is 2.05 bits per heavy atom. The summed E-state index contributed by atoms with van der Waals surface area (Å²) in [6.07, 6.45) is 6.62. The van der Waals surface area contributed by atoms with Crippen LogP contribution in [0.1, 0.15) is 40.5 Å². The van der Waals surface area contributed by atoms with E-state index in [4.69, 9.17) is 9.47 Å². The molecule has 1 fully saturated rings. The van der Waals surface area contributed by atoms with Gasteiger partial charge in [-0.1, -0.05) is 18.2 Å². The monoisotopic (exact) mass is 307 g/mol. The van der Waals surface area contributed by atoms with Crippen molar-refractivity contribution < 1.29 is 19.1 Å². The predicted octanol–water partition coefficient (Wildman–Crippen LogP) is 3.06. The Balaban J connectivity index is 2.21. The van der Waals surface area contributed by atoms with Crippen LogP contribution in [-0.4, -0.2) is 40.8 Å². The fraction of sp³-hybridized carbons (Fsp3) is 0.647. The maximum absolute atomic E-state index is 12.5. The average Bonchev–Trinajstić information content (AvgIpc) is 2.75. The molecule has 0 aromatic heterocycles. The van der Waals surface area contributed by atoms with Gasteiger partial charge in [-0.25, -0.2) is 4.79 Å². The molecule has 1 aliphatic carbocycles. The number of rotatable bonds is 2. The smallest absolute Gasteiger partial charge is 0.411 e. The van der Waals surface area contributed by atoms with Crippen LogP contribution in [0.4, 0.5) is 4.79 Å². The van der Waals surface area contributed by atoms with Gasteiger partial charge in [0.05, 0.1) is 12.1 Å². The van der Waals surface area contributed by atoms with Gasteiger partial charge in [-0.3, -0.25) is 9.69 Å². The van der Waals surface area contributed by atoms with E-state index in [1.807, 2.05) is 32.9 Å². The Hall–Kier alpha value is -1.78. The highest BCUT2D eigenvalue weighted by Gasteiger charge is 2.48. The maximum atomic E-state index is 12.5. The van der Waals surface area contributed by atoms with Crippen molar-refractivity contribution in [2.75, 3.05) is 0 Å². The topological polar surface area (TPSA) is 55.8 Å². The molecule has 4 atom stereocenters. The Labute approximate surface area is 131 Å². The second kappa shape index (κ2) is 6.15. The first-order chi connectivity index (χ1) is 10.2. The highest BCUT2D eigenvalue weighted by atomic mass is 16.6. The fourth-order valence-electron chi connectivity index (χ4n) is 3.22. The molecule has 2 rings (SSSR count). The summed E-state index contributed by atoms with van der Waals surface area (Å²) in [7, 11) is 0. The molecule has 0 bridgehead atoms. The Morgan fingerprint density at radius 1 is 1.36 bits per heavy atom. The minimum absolute atomic E-state index is 0.0874. The molecular formula is C17H25NO4. The number of likely N-dealkylation sites (tertiary alicyclic amines) is 1. The number of carbonyl (C=O) groups is 2. The number of nitrogens with zero attached hydrogens (tertiary/aromatic N) is 1. The second-order valence-electron chi connectivity index (χ2n) is 6.89. The predicted molar refractivity (Wildman–Crippen MR) is 83.3 cm³/mol. The van der Waals surface area contributed by atoms with Crippen LogP contribution in [0.25, 0.3) is 0 Å². The molecule has 0 aromatic carbocycles. The van der Waals surface area contributed by atoms with Crippen molar-refractivity contribution in [3.05, 3.63) is 24.8 Å². The summed E-state index contributed by atoms with van der Waals surface area (Å²) in [5, 5.41) is 0. The lowest BCUT2D eigenvalue weighted by atomic mass is 9.86. The standard InChI is InChI=1S/C17H25NO4/c1-6-12-10-13-14(8-7-9-15(13)21-11(2)19)18(12)16(20)22-17(3,4)5/h6-8,12-15H,1,9-10H2,2-5H3/t12-,13+,14+,15+/m1/s1. The van der Waals surface area contributed by atoms with Gasteiger partial charge in [0.1, 0.15) is 11.7 Å². The summed E-state index contributed by atoms with van der Waals surface area (Å²) in [4.78, 5) is 25.5. The number of esters is 1. The van der Waals surface area contributed by atoms with Crippen molar-refractivity contribution in [2.45, 2.75) is 64.3 Å². The zero-order chi connectivity index (χ0) is 16.5. The van der Waals surface area contributed by atoms with Gasteiger partial charge < -0.3 is 9.47 Å². The van der Waals surface area contributed by atoms with Gasteiger partial charge in [0.2, 0.25) is 0 Å². The minimum Gasteiger partial charge on any atom is -0.462 e. The molecule has 1 aliphatic heterocycles. The molecule has 1 saturated heterocycles. The molecule has 22 heavy (non-hydrogen) atoms. The van der Waals surface area contributed by atoms with E-state index < -0.39 is 5.60 Å². The van der Waals surface area contributed by atoms with Gasteiger partial charge >= 0.3 is 12.1 Å². The molecule has 5 nitrogen and oxygen atoms in total. The van der Waals surface area contributed by atoms with Crippen molar-refractivity contribution in [3.8, 4) is 0 Å². The highest BCUT2D eigenvalue weighted by molar-refractivity contribution is 5.70. The van der Waals surface area contributed by atoms with E-state index in [0.29, 0.717) is 6.42 Å². The van der Waals surface area contributed by atoms with Crippen molar-refractivity contribution in [2.24, 2.45) is 5.92 Å². The molecule has 0 N–H and O–H groups in total. The summed E-state index contributed by atoms with van der Waals surface area (Å²) < 4.78 is 10.9. The van der Waals surface area contributed by atoms with E-state index in [2.05, 4.69) is 6.58 Å². The molecule has 0 unspecified atom stereocenters. The quantitative estimate of drug-likeness (QED) is 0.581. The van der Waals surface area contributed by atoms with Gasteiger partial charge in [-0.05, 0) is 27.2 Å². The van der Waals surface area contributed by atoms with E-state index in [-0.39, 0.29) is 36.2 Å². The molecule has 5 heteroatoms. The summed E-state index contributed by atoms with van der Waals surface area (Å²) in [6.45, 7) is 10.8. The third-order valence-corrected chi connectivity index (χ3v) is 4.00. The lowest BCUT2D eigenvalue weighted by Crippen LogP contribution is -2.46. The van der Waals surface area contributed by atoms with Gasteiger partial charge in [-0.2, -0.15) is 0 Å².